The van der Waals surface area contributed by atoms with E-state index in [-0.39, 0.29) is 18.1 Å². The standard InChI is InChI=1S/C18H22N2O4/c1-11(21)20-15(16(22)9-18(2,3)17(23)24)8-12-10-19-14-7-5-4-6-13(12)14/h4-7,10,15,19H,8-9H2,1-3H3,(H,20,21)(H,23,24). The first-order valence-electron chi connectivity index (χ1n) is 7.79. The van der Waals surface area contributed by atoms with Crippen molar-refractivity contribution < 1.29 is 19.5 Å². The number of carboxylic acid groups (broad SMARTS) is 1. The summed E-state index contributed by atoms with van der Waals surface area (Å²) in [6.07, 6.45) is 1.99. The van der Waals surface area contributed by atoms with Gasteiger partial charge in [0.25, 0.3) is 0 Å². The van der Waals surface area contributed by atoms with Gasteiger partial charge >= 0.3 is 5.97 Å². The topological polar surface area (TPSA) is 99.3 Å². The lowest BCUT2D eigenvalue weighted by atomic mass is 9.84. The molecule has 1 aromatic carbocycles. The van der Waals surface area contributed by atoms with Crippen molar-refractivity contribution in [1.29, 1.82) is 0 Å². The first-order chi connectivity index (χ1) is 11.2. The molecular formula is C18H22N2O4. The zero-order chi connectivity index (χ0) is 17.9. The molecule has 6 heteroatoms. The molecule has 0 bridgehead atoms. The van der Waals surface area contributed by atoms with E-state index in [4.69, 9.17) is 0 Å². The van der Waals surface area contributed by atoms with Crippen LogP contribution in [-0.2, 0) is 20.8 Å². The Bertz CT molecular complexity index is 776. The number of para-hydroxylation sites is 1. The number of hydrogen-bond donors (Lipinski definition) is 3. The number of amides is 1. The highest BCUT2D eigenvalue weighted by Crippen LogP contribution is 2.24. The number of H-pyrrole nitrogens is 1. The monoisotopic (exact) mass is 330 g/mol. The van der Waals surface area contributed by atoms with Crippen LogP contribution in [0.2, 0.25) is 0 Å². The number of aliphatic carboxylic acids is 1. The van der Waals surface area contributed by atoms with Gasteiger partial charge in [0.2, 0.25) is 5.91 Å². The Kier molecular flexibility index (Phi) is 5.07. The summed E-state index contributed by atoms with van der Waals surface area (Å²) < 4.78 is 0. The number of carbonyl (C=O) groups excluding carboxylic acids is 2. The lowest BCUT2D eigenvalue weighted by molar-refractivity contribution is -0.149. The second-order valence-electron chi connectivity index (χ2n) is 6.65. The molecule has 1 aromatic heterocycles. The van der Waals surface area contributed by atoms with Gasteiger partial charge in [0, 0.05) is 36.9 Å². The average Bonchev–Trinajstić information content (AvgIpc) is 2.89. The third-order valence-electron chi connectivity index (χ3n) is 4.06. The maximum absolute atomic E-state index is 12.6. The molecule has 0 aliphatic carbocycles. The molecule has 1 unspecified atom stereocenters. The van der Waals surface area contributed by atoms with Crippen molar-refractivity contribution in [2.24, 2.45) is 5.41 Å². The van der Waals surface area contributed by atoms with Crippen LogP contribution in [0.5, 0.6) is 0 Å². The summed E-state index contributed by atoms with van der Waals surface area (Å²) in [5.74, 6) is -1.64. The number of carbonyl (C=O) groups is 3. The molecule has 0 aliphatic rings. The second kappa shape index (κ2) is 6.86. The van der Waals surface area contributed by atoms with Crippen LogP contribution in [0.15, 0.2) is 30.5 Å². The Morgan fingerprint density at radius 2 is 1.92 bits per heavy atom. The predicted molar refractivity (Wildman–Crippen MR) is 90.6 cm³/mol. The van der Waals surface area contributed by atoms with E-state index in [0.717, 1.165) is 16.5 Å². The van der Waals surface area contributed by atoms with Crippen LogP contribution in [0.25, 0.3) is 10.9 Å². The first kappa shape index (κ1) is 17.7. The minimum atomic E-state index is -1.17. The summed E-state index contributed by atoms with van der Waals surface area (Å²) in [6.45, 7) is 4.35. The Morgan fingerprint density at radius 3 is 2.54 bits per heavy atom. The lowest BCUT2D eigenvalue weighted by Crippen LogP contribution is -2.43. The van der Waals surface area contributed by atoms with Crippen LogP contribution in [0, 0.1) is 5.41 Å². The smallest absolute Gasteiger partial charge is 0.309 e. The van der Waals surface area contributed by atoms with Gasteiger partial charge in [-0.05, 0) is 25.5 Å². The summed E-state index contributed by atoms with van der Waals surface area (Å²) in [4.78, 5) is 38.4. The van der Waals surface area contributed by atoms with Crippen LogP contribution in [0.1, 0.15) is 32.8 Å². The summed E-state index contributed by atoms with van der Waals surface area (Å²) in [5, 5.41) is 12.8. The predicted octanol–water partition coefficient (Wildman–Crippen LogP) is 2.29. The molecule has 6 nitrogen and oxygen atoms in total. The molecule has 0 aliphatic heterocycles. The molecule has 24 heavy (non-hydrogen) atoms. The van der Waals surface area contributed by atoms with E-state index in [9.17, 15) is 19.5 Å². The normalized spacial score (nSPS) is 12.8. The second-order valence-corrected chi connectivity index (χ2v) is 6.65. The fraction of sp³-hybridized carbons (Fsp3) is 0.389. The summed E-state index contributed by atoms with van der Waals surface area (Å²) in [6, 6.07) is 6.94. The van der Waals surface area contributed by atoms with E-state index in [2.05, 4.69) is 10.3 Å². The van der Waals surface area contributed by atoms with Crippen LogP contribution in [0.4, 0.5) is 0 Å². The number of nitrogens with one attached hydrogen (secondary N) is 2. The quantitative estimate of drug-likeness (QED) is 0.725. The largest absolute Gasteiger partial charge is 0.481 e. The maximum atomic E-state index is 12.6. The van der Waals surface area contributed by atoms with E-state index >= 15 is 0 Å². The van der Waals surface area contributed by atoms with Gasteiger partial charge in [-0.1, -0.05) is 18.2 Å². The SMILES string of the molecule is CC(=O)NC(Cc1c[nH]c2ccccc12)C(=O)CC(C)(C)C(=O)O. The number of ketones is 1. The van der Waals surface area contributed by atoms with E-state index in [1.807, 2.05) is 30.5 Å². The summed E-state index contributed by atoms with van der Waals surface area (Å²) >= 11 is 0. The number of Topliss-reactive ketones (excluding diaryl/α,β-unsaturated/α-hetero) is 1. The number of aromatic nitrogens is 1. The Balaban J connectivity index is 2.23. The molecule has 0 fully saturated rings. The molecule has 0 spiro atoms. The van der Waals surface area contributed by atoms with E-state index in [0.29, 0.717) is 6.42 Å². The van der Waals surface area contributed by atoms with Gasteiger partial charge in [-0.2, -0.15) is 0 Å². The molecule has 1 heterocycles. The van der Waals surface area contributed by atoms with Gasteiger partial charge in [-0.25, -0.2) is 0 Å². The lowest BCUT2D eigenvalue weighted by Gasteiger charge is -2.22. The van der Waals surface area contributed by atoms with Crippen molar-refractivity contribution in [2.45, 2.75) is 39.7 Å². The minimum absolute atomic E-state index is 0.143. The third-order valence-corrected chi connectivity index (χ3v) is 4.06. The zero-order valence-corrected chi connectivity index (χ0v) is 14.1. The summed E-state index contributed by atoms with van der Waals surface area (Å²) in [7, 11) is 0. The number of rotatable bonds is 7. The Labute approximate surface area is 140 Å². The van der Waals surface area contributed by atoms with E-state index in [1.54, 1.807) is 0 Å². The zero-order valence-electron chi connectivity index (χ0n) is 14.1. The molecule has 0 radical (unpaired) electrons. The average molecular weight is 330 g/mol. The number of benzene rings is 1. The van der Waals surface area contributed by atoms with E-state index in [1.165, 1.54) is 20.8 Å². The fourth-order valence-corrected chi connectivity index (χ4v) is 2.65. The molecule has 0 saturated carbocycles. The van der Waals surface area contributed by atoms with Gasteiger partial charge in [-0.15, -0.1) is 0 Å². The van der Waals surface area contributed by atoms with Crippen molar-refractivity contribution in [2.75, 3.05) is 0 Å². The van der Waals surface area contributed by atoms with E-state index < -0.39 is 17.4 Å². The Morgan fingerprint density at radius 1 is 1.25 bits per heavy atom. The number of aromatic amines is 1. The van der Waals surface area contributed by atoms with Crippen molar-refractivity contribution >= 4 is 28.6 Å². The highest BCUT2D eigenvalue weighted by molar-refractivity contribution is 5.93. The first-order valence-corrected chi connectivity index (χ1v) is 7.79. The van der Waals surface area contributed by atoms with Crippen molar-refractivity contribution in [1.82, 2.24) is 10.3 Å². The molecule has 0 saturated heterocycles. The molecule has 2 rings (SSSR count). The molecule has 2 aromatic rings. The van der Waals surface area contributed by atoms with Crippen LogP contribution >= 0.6 is 0 Å². The molecule has 3 N–H and O–H groups in total. The van der Waals surface area contributed by atoms with Gasteiger partial charge in [0.1, 0.15) is 0 Å². The number of hydrogen-bond acceptors (Lipinski definition) is 3. The molecule has 128 valence electrons. The van der Waals surface area contributed by atoms with Crippen molar-refractivity contribution in [3.8, 4) is 0 Å². The highest BCUT2D eigenvalue weighted by atomic mass is 16.4. The molecule has 1 amide bonds. The van der Waals surface area contributed by atoms with Crippen molar-refractivity contribution in [3.05, 3.63) is 36.0 Å². The highest BCUT2D eigenvalue weighted by Gasteiger charge is 2.33. The van der Waals surface area contributed by atoms with Crippen LogP contribution < -0.4 is 5.32 Å². The Hall–Kier alpha value is -2.63. The van der Waals surface area contributed by atoms with Crippen LogP contribution in [-0.4, -0.2) is 33.8 Å². The minimum Gasteiger partial charge on any atom is -0.481 e. The van der Waals surface area contributed by atoms with Gasteiger partial charge in [-0.3, -0.25) is 14.4 Å². The summed E-state index contributed by atoms with van der Waals surface area (Å²) in [5.41, 5.74) is 0.687. The van der Waals surface area contributed by atoms with Gasteiger partial charge < -0.3 is 15.4 Å². The van der Waals surface area contributed by atoms with Gasteiger partial charge in [0.05, 0.1) is 11.5 Å². The number of fused-ring (bicyclic) bond motifs is 1. The fourth-order valence-electron chi connectivity index (χ4n) is 2.65. The molecular weight excluding hydrogens is 308 g/mol. The van der Waals surface area contributed by atoms with Crippen LogP contribution in [0.3, 0.4) is 0 Å². The third kappa shape index (κ3) is 4.01. The molecule has 1 atom stereocenters. The van der Waals surface area contributed by atoms with Crippen molar-refractivity contribution in [3.63, 3.8) is 0 Å². The number of carboxylic acids is 1. The maximum Gasteiger partial charge on any atom is 0.309 e. The van der Waals surface area contributed by atoms with Gasteiger partial charge in [0.15, 0.2) is 5.78 Å².